The lowest BCUT2D eigenvalue weighted by molar-refractivity contribution is 0.460. The topological polar surface area (TPSA) is 45.5 Å². The van der Waals surface area contributed by atoms with Gasteiger partial charge < -0.3 is 14.8 Å². The average molecular weight is 388 g/mol. The van der Waals surface area contributed by atoms with E-state index >= 15 is 0 Å². The van der Waals surface area contributed by atoms with E-state index in [2.05, 4.69) is 79.4 Å². The standard InChI is InChI=1S/C24H29N5/c1-25-24(29-13-11-23(18-29)15-20-5-3-2-4-6-20)27-16-21-7-9-22(10-8-21)17-28-14-12-26-19-28/h2-10,12,14,19,23H,11,13,15-18H2,1H3,(H,25,27). The first-order valence-corrected chi connectivity index (χ1v) is 10.3. The molecule has 29 heavy (non-hydrogen) atoms. The number of nitrogens with zero attached hydrogens (tertiary/aromatic N) is 4. The molecular weight excluding hydrogens is 358 g/mol. The Labute approximate surface area is 173 Å². The highest BCUT2D eigenvalue weighted by Gasteiger charge is 2.24. The van der Waals surface area contributed by atoms with Crippen molar-refractivity contribution in [2.45, 2.75) is 25.9 Å². The second-order valence-corrected chi connectivity index (χ2v) is 7.74. The zero-order chi connectivity index (χ0) is 19.9. The largest absolute Gasteiger partial charge is 0.352 e. The van der Waals surface area contributed by atoms with E-state index in [0.717, 1.165) is 38.6 Å². The molecule has 0 spiro atoms. The molecule has 5 heteroatoms. The maximum absolute atomic E-state index is 4.52. The molecule has 1 aliphatic heterocycles. The summed E-state index contributed by atoms with van der Waals surface area (Å²) in [6.07, 6.45) is 8.01. The van der Waals surface area contributed by atoms with Crippen LogP contribution in [-0.4, -0.2) is 40.5 Å². The highest BCUT2D eigenvalue weighted by Crippen LogP contribution is 2.21. The number of guanidine groups is 1. The van der Waals surface area contributed by atoms with Gasteiger partial charge in [0.25, 0.3) is 0 Å². The molecule has 3 aromatic rings. The predicted octanol–water partition coefficient (Wildman–Crippen LogP) is 3.57. The maximum atomic E-state index is 4.52. The van der Waals surface area contributed by atoms with E-state index in [9.17, 15) is 0 Å². The van der Waals surface area contributed by atoms with E-state index in [-0.39, 0.29) is 0 Å². The van der Waals surface area contributed by atoms with E-state index in [1.165, 1.54) is 23.1 Å². The van der Waals surface area contributed by atoms with Gasteiger partial charge in [0, 0.05) is 45.6 Å². The van der Waals surface area contributed by atoms with Crippen molar-refractivity contribution in [3.63, 3.8) is 0 Å². The smallest absolute Gasteiger partial charge is 0.193 e. The van der Waals surface area contributed by atoms with E-state index in [1.54, 1.807) is 0 Å². The molecule has 1 unspecified atom stereocenters. The predicted molar refractivity (Wildman–Crippen MR) is 118 cm³/mol. The fourth-order valence-electron chi connectivity index (χ4n) is 4.01. The van der Waals surface area contributed by atoms with E-state index in [4.69, 9.17) is 0 Å². The number of rotatable bonds is 6. The Morgan fingerprint density at radius 1 is 1.07 bits per heavy atom. The molecule has 1 atom stereocenters. The Morgan fingerprint density at radius 3 is 2.59 bits per heavy atom. The average Bonchev–Trinajstić information content (AvgIpc) is 3.43. The third-order valence-electron chi connectivity index (χ3n) is 5.56. The normalized spacial score (nSPS) is 16.9. The van der Waals surface area contributed by atoms with E-state index in [1.807, 2.05) is 25.8 Å². The van der Waals surface area contributed by atoms with E-state index < -0.39 is 0 Å². The Bertz CT molecular complexity index is 900. The Balaban J connectivity index is 1.27. The highest BCUT2D eigenvalue weighted by molar-refractivity contribution is 5.80. The number of hydrogen-bond acceptors (Lipinski definition) is 2. The van der Waals surface area contributed by atoms with Gasteiger partial charge in [0.1, 0.15) is 0 Å². The van der Waals surface area contributed by atoms with Crippen molar-refractivity contribution in [2.24, 2.45) is 10.9 Å². The molecule has 0 aliphatic carbocycles. The minimum Gasteiger partial charge on any atom is -0.352 e. The number of aromatic nitrogens is 2. The quantitative estimate of drug-likeness (QED) is 0.519. The van der Waals surface area contributed by atoms with Crippen LogP contribution in [0.15, 0.2) is 78.3 Å². The molecule has 2 heterocycles. The monoisotopic (exact) mass is 387 g/mol. The van der Waals surface area contributed by atoms with Crippen molar-refractivity contribution in [3.05, 3.63) is 90.0 Å². The Kier molecular flexibility index (Phi) is 6.25. The van der Waals surface area contributed by atoms with Crippen LogP contribution in [0.5, 0.6) is 0 Å². The van der Waals surface area contributed by atoms with Crippen molar-refractivity contribution in [3.8, 4) is 0 Å². The summed E-state index contributed by atoms with van der Waals surface area (Å²) >= 11 is 0. The molecule has 1 aromatic heterocycles. The van der Waals surface area contributed by atoms with Crippen LogP contribution >= 0.6 is 0 Å². The zero-order valence-electron chi connectivity index (χ0n) is 17.0. The zero-order valence-corrected chi connectivity index (χ0v) is 17.0. The van der Waals surface area contributed by atoms with Crippen LogP contribution in [-0.2, 0) is 19.5 Å². The summed E-state index contributed by atoms with van der Waals surface area (Å²) in [5.74, 6) is 1.70. The second-order valence-electron chi connectivity index (χ2n) is 7.74. The Morgan fingerprint density at radius 2 is 1.86 bits per heavy atom. The van der Waals surface area contributed by atoms with Gasteiger partial charge in [0.15, 0.2) is 5.96 Å². The lowest BCUT2D eigenvalue weighted by atomic mass is 9.99. The molecule has 4 rings (SSSR count). The van der Waals surface area contributed by atoms with Gasteiger partial charge in [-0.3, -0.25) is 4.99 Å². The molecule has 0 radical (unpaired) electrons. The van der Waals surface area contributed by atoms with Gasteiger partial charge in [-0.2, -0.15) is 0 Å². The molecule has 150 valence electrons. The summed E-state index contributed by atoms with van der Waals surface area (Å²) in [6.45, 7) is 3.78. The van der Waals surface area contributed by atoms with Gasteiger partial charge in [-0.15, -0.1) is 0 Å². The minimum atomic E-state index is 0.693. The van der Waals surface area contributed by atoms with Crippen LogP contribution in [0.2, 0.25) is 0 Å². The van der Waals surface area contributed by atoms with Crippen LogP contribution in [0.1, 0.15) is 23.1 Å². The number of imidazole rings is 1. The van der Waals surface area contributed by atoms with Gasteiger partial charge in [-0.05, 0) is 35.4 Å². The van der Waals surface area contributed by atoms with E-state index in [0.29, 0.717) is 5.92 Å². The molecule has 1 saturated heterocycles. The molecule has 0 saturated carbocycles. The van der Waals surface area contributed by atoms with Gasteiger partial charge in [-0.25, -0.2) is 4.98 Å². The summed E-state index contributed by atoms with van der Waals surface area (Å²) < 4.78 is 2.08. The third-order valence-corrected chi connectivity index (χ3v) is 5.56. The molecule has 5 nitrogen and oxygen atoms in total. The molecular formula is C24H29N5. The summed E-state index contributed by atoms with van der Waals surface area (Å²) in [5.41, 5.74) is 3.97. The lowest BCUT2D eigenvalue weighted by Gasteiger charge is -2.22. The molecule has 1 aliphatic rings. The summed E-state index contributed by atoms with van der Waals surface area (Å²) in [5, 5.41) is 3.54. The van der Waals surface area contributed by atoms with Crippen LogP contribution in [0.25, 0.3) is 0 Å². The van der Waals surface area contributed by atoms with Crippen molar-refractivity contribution < 1.29 is 0 Å². The van der Waals surface area contributed by atoms with Crippen LogP contribution in [0.3, 0.4) is 0 Å². The minimum absolute atomic E-state index is 0.693. The van der Waals surface area contributed by atoms with Crippen LogP contribution in [0, 0.1) is 5.92 Å². The first-order valence-electron chi connectivity index (χ1n) is 10.3. The number of aliphatic imine (C=N–C) groups is 1. The molecule has 1 fully saturated rings. The summed E-state index contributed by atoms with van der Waals surface area (Å²) in [4.78, 5) is 11.0. The van der Waals surface area contributed by atoms with Crippen molar-refractivity contribution in [1.82, 2.24) is 19.8 Å². The van der Waals surface area contributed by atoms with Crippen LogP contribution in [0.4, 0.5) is 0 Å². The van der Waals surface area contributed by atoms with Crippen molar-refractivity contribution >= 4 is 5.96 Å². The first-order chi connectivity index (χ1) is 14.3. The van der Waals surface area contributed by atoms with Gasteiger partial charge in [-0.1, -0.05) is 54.6 Å². The van der Waals surface area contributed by atoms with Gasteiger partial charge in [0.05, 0.1) is 6.33 Å². The SMILES string of the molecule is CN=C(NCc1ccc(Cn2ccnc2)cc1)N1CCC(Cc2ccccc2)C1. The molecule has 0 amide bonds. The lowest BCUT2D eigenvalue weighted by Crippen LogP contribution is -2.39. The molecule has 2 aromatic carbocycles. The highest BCUT2D eigenvalue weighted by atomic mass is 15.3. The number of hydrogen-bond donors (Lipinski definition) is 1. The van der Waals surface area contributed by atoms with Crippen molar-refractivity contribution in [1.29, 1.82) is 0 Å². The maximum Gasteiger partial charge on any atom is 0.193 e. The number of nitrogens with one attached hydrogen (secondary N) is 1. The molecule has 1 N–H and O–H groups in total. The Hall–Kier alpha value is -3.08. The fraction of sp³-hybridized carbons (Fsp3) is 0.333. The molecule has 0 bridgehead atoms. The number of benzene rings is 2. The van der Waals surface area contributed by atoms with Crippen molar-refractivity contribution in [2.75, 3.05) is 20.1 Å². The summed E-state index contributed by atoms with van der Waals surface area (Å²) in [7, 11) is 1.88. The third kappa shape index (κ3) is 5.25. The van der Waals surface area contributed by atoms with Crippen LogP contribution < -0.4 is 5.32 Å². The summed E-state index contributed by atoms with van der Waals surface area (Å²) in [6, 6.07) is 19.5. The first kappa shape index (κ1) is 19.2. The van der Waals surface area contributed by atoms with Gasteiger partial charge in [0.2, 0.25) is 0 Å². The second kappa shape index (κ2) is 9.41. The fourth-order valence-corrected chi connectivity index (χ4v) is 4.01. The number of likely N-dealkylation sites (tertiary alicyclic amines) is 1. The van der Waals surface area contributed by atoms with Gasteiger partial charge >= 0.3 is 0 Å².